The van der Waals surface area contributed by atoms with Crippen LogP contribution in [0.2, 0.25) is 0 Å². The average molecular weight is 157 g/mol. The lowest BCUT2D eigenvalue weighted by atomic mass is 10.9. The van der Waals surface area contributed by atoms with E-state index in [9.17, 15) is 0 Å². The Kier molecular flexibility index (Phi) is 4.22. The predicted octanol–water partition coefficient (Wildman–Crippen LogP) is 2.50. The van der Waals surface area contributed by atoms with E-state index in [1.165, 1.54) is 0 Å². The Labute approximate surface area is 65.1 Å². The van der Waals surface area contributed by atoms with Crippen molar-refractivity contribution in [1.82, 2.24) is 0 Å². The first-order chi connectivity index (χ1) is 4.74. The highest BCUT2D eigenvalue weighted by molar-refractivity contribution is 8.36. The predicted molar refractivity (Wildman–Crippen MR) is 49.4 cm³/mol. The van der Waals surface area contributed by atoms with Crippen molar-refractivity contribution in [3.63, 3.8) is 0 Å². The van der Waals surface area contributed by atoms with Crippen molar-refractivity contribution in [2.24, 2.45) is 0 Å². The second kappa shape index (κ2) is 4.40. The molecule has 0 spiro atoms. The van der Waals surface area contributed by atoms with E-state index in [-0.39, 0.29) is 0 Å². The molecule has 0 radical (unpaired) electrons. The zero-order chi connectivity index (χ0) is 8.04. The van der Waals surface area contributed by atoms with Crippen molar-refractivity contribution >= 4 is 10.0 Å². The minimum Gasteiger partial charge on any atom is -0.209 e. The normalized spacial score (nSPS) is 12.1. The lowest BCUT2D eigenvalue weighted by molar-refractivity contribution is 1.39. The Morgan fingerprint density at radius 1 is 1.50 bits per heavy atom. The van der Waals surface area contributed by atoms with E-state index in [1.54, 1.807) is 0 Å². The fraction of sp³-hybridized carbons (Fsp3) is 0.625. The molecule has 0 aliphatic rings. The summed E-state index contributed by atoms with van der Waals surface area (Å²) in [5, 5.41) is 10.5. The van der Waals surface area contributed by atoms with Gasteiger partial charge in [0.05, 0.1) is 11.8 Å². The molecule has 0 amide bonds. The van der Waals surface area contributed by atoms with Crippen LogP contribution in [-0.4, -0.2) is 17.3 Å². The second-order valence-electron chi connectivity index (χ2n) is 2.16. The lowest BCUT2D eigenvalue weighted by Gasteiger charge is -2.31. The van der Waals surface area contributed by atoms with Crippen LogP contribution in [0.15, 0.2) is 12.0 Å². The van der Waals surface area contributed by atoms with Gasteiger partial charge in [-0.25, -0.2) is 10.0 Å². The van der Waals surface area contributed by atoms with Crippen LogP contribution in [0.3, 0.4) is 0 Å². The number of nitriles is 1. The summed E-state index contributed by atoms with van der Waals surface area (Å²) in [4.78, 5) is 0. The quantitative estimate of drug-likeness (QED) is 0.615. The van der Waals surface area contributed by atoms with Crippen molar-refractivity contribution in [2.45, 2.75) is 13.8 Å². The standard InChI is InChI=1S/C8H15NS/c1-4-10(5-2,6-3)8-7-9/h4H,1,5-6,8H2,2-3H3. The molecule has 58 valence electrons. The summed E-state index contributed by atoms with van der Waals surface area (Å²) >= 11 is 0. The maximum Gasteiger partial charge on any atom is 0.0718 e. The molecule has 10 heavy (non-hydrogen) atoms. The van der Waals surface area contributed by atoms with Gasteiger partial charge in [-0.05, 0) is 11.5 Å². The fourth-order valence-corrected chi connectivity index (χ4v) is 2.49. The highest BCUT2D eigenvalue weighted by Gasteiger charge is 2.13. The molecule has 0 saturated heterocycles. The Morgan fingerprint density at radius 3 is 2.10 bits per heavy atom. The Bertz CT molecular complexity index is 142. The molecular formula is C8H15NS. The third kappa shape index (κ3) is 2.07. The third-order valence-corrected chi connectivity index (χ3v) is 5.57. The summed E-state index contributed by atoms with van der Waals surface area (Å²) in [5.41, 5.74) is 0. The van der Waals surface area contributed by atoms with Gasteiger partial charge in [-0.3, -0.25) is 0 Å². The van der Waals surface area contributed by atoms with Gasteiger partial charge in [0.2, 0.25) is 0 Å². The zero-order valence-corrected chi connectivity index (χ0v) is 7.58. The summed E-state index contributed by atoms with van der Waals surface area (Å²) in [7, 11) is -0.758. The highest BCUT2D eigenvalue weighted by Crippen LogP contribution is 2.47. The van der Waals surface area contributed by atoms with Crippen molar-refractivity contribution < 1.29 is 0 Å². The SMILES string of the molecule is C=CS(CC)(CC)CC#N. The summed E-state index contributed by atoms with van der Waals surface area (Å²) in [6, 6.07) is 2.23. The molecule has 0 bridgehead atoms. The molecule has 0 unspecified atom stereocenters. The van der Waals surface area contributed by atoms with E-state index in [2.05, 4.69) is 26.5 Å². The number of hydrogen-bond acceptors (Lipinski definition) is 1. The molecule has 0 saturated carbocycles. The Balaban J connectivity index is 4.18. The maximum absolute atomic E-state index is 8.52. The van der Waals surface area contributed by atoms with Gasteiger partial charge < -0.3 is 0 Å². The molecule has 0 atom stereocenters. The van der Waals surface area contributed by atoms with E-state index in [4.69, 9.17) is 5.26 Å². The smallest absolute Gasteiger partial charge is 0.0718 e. The van der Waals surface area contributed by atoms with Crippen LogP contribution >= 0.6 is 10.0 Å². The topological polar surface area (TPSA) is 23.8 Å². The van der Waals surface area contributed by atoms with Crippen LogP contribution in [0.4, 0.5) is 0 Å². The van der Waals surface area contributed by atoms with Gasteiger partial charge in [0, 0.05) is 0 Å². The average Bonchev–Trinajstić information content (AvgIpc) is 2.01. The number of nitrogens with zero attached hydrogens (tertiary/aromatic N) is 1. The van der Waals surface area contributed by atoms with Crippen molar-refractivity contribution in [1.29, 1.82) is 5.26 Å². The first kappa shape index (κ1) is 9.58. The molecule has 0 aromatic heterocycles. The zero-order valence-electron chi connectivity index (χ0n) is 6.76. The summed E-state index contributed by atoms with van der Waals surface area (Å²) in [6.07, 6.45) is 0. The first-order valence-electron chi connectivity index (χ1n) is 3.50. The van der Waals surface area contributed by atoms with E-state index < -0.39 is 10.0 Å². The molecule has 0 aromatic carbocycles. The largest absolute Gasteiger partial charge is 0.209 e. The monoisotopic (exact) mass is 157 g/mol. The molecule has 2 heteroatoms. The van der Waals surface area contributed by atoms with Gasteiger partial charge in [0.25, 0.3) is 0 Å². The maximum atomic E-state index is 8.52. The van der Waals surface area contributed by atoms with Crippen LogP contribution < -0.4 is 0 Å². The first-order valence-corrected chi connectivity index (χ1v) is 5.70. The van der Waals surface area contributed by atoms with Gasteiger partial charge in [0.15, 0.2) is 0 Å². The van der Waals surface area contributed by atoms with E-state index in [0.29, 0.717) is 5.75 Å². The molecule has 1 nitrogen and oxygen atoms in total. The van der Waals surface area contributed by atoms with Gasteiger partial charge in [-0.2, -0.15) is 5.26 Å². The molecular weight excluding hydrogens is 142 g/mol. The van der Waals surface area contributed by atoms with Gasteiger partial charge in [-0.15, -0.1) is 0 Å². The van der Waals surface area contributed by atoms with Crippen LogP contribution in [0, 0.1) is 11.3 Å². The van der Waals surface area contributed by atoms with Crippen LogP contribution in [0.5, 0.6) is 0 Å². The summed E-state index contributed by atoms with van der Waals surface area (Å²) in [6.45, 7) is 8.05. The van der Waals surface area contributed by atoms with Crippen molar-refractivity contribution in [2.75, 3.05) is 17.3 Å². The molecule has 0 aliphatic carbocycles. The molecule has 0 N–H and O–H groups in total. The summed E-state index contributed by atoms with van der Waals surface area (Å²) < 4.78 is 0. The molecule has 0 heterocycles. The van der Waals surface area contributed by atoms with Crippen molar-refractivity contribution in [3.8, 4) is 6.07 Å². The Hall–Kier alpha value is -0.420. The minimum absolute atomic E-state index is 0.684. The molecule has 0 rings (SSSR count). The van der Waals surface area contributed by atoms with Crippen molar-refractivity contribution in [3.05, 3.63) is 12.0 Å². The number of hydrogen-bond donors (Lipinski definition) is 0. The lowest BCUT2D eigenvalue weighted by Crippen LogP contribution is -2.05. The molecule has 0 aromatic rings. The minimum atomic E-state index is -0.758. The van der Waals surface area contributed by atoms with Crippen LogP contribution in [-0.2, 0) is 0 Å². The van der Waals surface area contributed by atoms with Gasteiger partial charge in [0.1, 0.15) is 0 Å². The van der Waals surface area contributed by atoms with E-state index in [0.717, 1.165) is 11.5 Å². The molecule has 0 aliphatic heterocycles. The molecule has 0 fully saturated rings. The van der Waals surface area contributed by atoms with Crippen LogP contribution in [0.25, 0.3) is 0 Å². The fourth-order valence-electron chi connectivity index (χ4n) is 0.831. The Morgan fingerprint density at radius 2 is 2.00 bits per heavy atom. The van der Waals surface area contributed by atoms with Gasteiger partial charge >= 0.3 is 0 Å². The van der Waals surface area contributed by atoms with E-state index in [1.807, 2.05) is 5.41 Å². The third-order valence-electron chi connectivity index (χ3n) is 1.86. The van der Waals surface area contributed by atoms with E-state index >= 15 is 0 Å². The second-order valence-corrected chi connectivity index (χ2v) is 6.16. The van der Waals surface area contributed by atoms with Gasteiger partial charge in [-0.1, -0.05) is 25.8 Å². The highest BCUT2D eigenvalue weighted by atomic mass is 32.3. The van der Waals surface area contributed by atoms with Crippen LogP contribution in [0.1, 0.15) is 13.8 Å². The number of rotatable bonds is 4. The summed E-state index contributed by atoms with van der Waals surface area (Å²) in [5.74, 6) is 2.88.